The van der Waals surface area contributed by atoms with E-state index in [0.29, 0.717) is 25.3 Å². The Kier molecular flexibility index (Phi) is 6.12. The van der Waals surface area contributed by atoms with Crippen molar-refractivity contribution in [1.29, 1.82) is 0 Å². The van der Waals surface area contributed by atoms with Gasteiger partial charge in [-0.25, -0.2) is 0 Å². The van der Waals surface area contributed by atoms with Crippen molar-refractivity contribution < 1.29 is 9.53 Å². The van der Waals surface area contributed by atoms with E-state index >= 15 is 0 Å². The minimum Gasteiger partial charge on any atom is -0.459 e. The molecule has 0 bridgehead atoms. The molecule has 0 radical (unpaired) electrons. The summed E-state index contributed by atoms with van der Waals surface area (Å²) in [5.41, 5.74) is 2.28. The molecule has 1 saturated carbocycles. The number of rotatable bonds is 7. The monoisotopic (exact) mass is 385 g/mol. The van der Waals surface area contributed by atoms with Gasteiger partial charge in [0.1, 0.15) is 12.1 Å². The summed E-state index contributed by atoms with van der Waals surface area (Å²) in [4.78, 5) is 15.2. The number of terminal acetylenes is 1. The topological polar surface area (TPSA) is 29.5 Å². The molecule has 0 aromatic heterocycles. The molecule has 2 fully saturated rings. The number of allylic oxidation sites excluding steroid dienone is 1. The molecule has 0 amide bonds. The first-order valence-electron chi connectivity index (χ1n) is 10.4. The van der Waals surface area contributed by atoms with E-state index in [-0.39, 0.29) is 24.2 Å². The molecule has 29 heavy (non-hydrogen) atoms. The molecule has 148 valence electrons. The Bertz CT molecular complexity index is 880. The molecule has 0 N–H and O–H groups in total. The summed E-state index contributed by atoms with van der Waals surface area (Å²) in [5, 5.41) is 0. The van der Waals surface area contributed by atoms with E-state index in [1.54, 1.807) is 0 Å². The Morgan fingerprint density at radius 1 is 0.966 bits per heavy atom. The third kappa shape index (κ3) is 4.96. The summed E-state index contributed by atoms with van der Waals surface area (Å²) >= 11 is 0. The fraction of sp³-hybridized carbons (Fsp3) is 0.346. The van der Waals surface area contributed by atoms with Crippen LogP contribution in [-0.4, -0.2) is 35.6 Å². The van der Waals surface area contributed by atoms with Crippen molar-refractivity contribution in [3.63, 3.8) is 0 Å². The van der Waals surface area contributed by atoms with Crippen molar-refractivity contribution in [2.24, 2.45) is 5.92 Å². The van der Waals surface area contributed by atoms with Crippen LogP contribution in [0.4, 0.5) is 0 Å². The molecule has 1 heterocycles. The maximum Gasteiger partial charge on any atom is 0.324 e. The number of carbonyl (C=O) groups is 1. The Morgan fingerprint density at radius 2 is 1.59 bits per heavy atom. The molecule has 0 unspecified atom stereocenters. The van der Waals surface area contributed by atoms with Gasteiger partial charge in [0.15, 0.2) is 0 Å². The first-order valence-corrected chi connectivity index (χ1v) is 10.4. The van der Waals surface area contributed by atoms with Crippen LogP contribution in [0.25, 0.3) is 0 Å². The molecule has 3 atom stereocenters. The number of hydrogen-bond acceptors (Lipinski definition) is 3. The zero-order chi connectivity index (χ0) is 20.1. The van der Waals surface area contributed by atoms with Gasteiger partial charge in [-0.15, -0.1) is 6.42 Å². The van der Waals surface area contributed by atoms with Gasteiger partial charge in [-0.2, -0.15) is 0 Å². The number of ether oxygens (including phenoxy) is 1. The van der Waals surface area contributed by atoms with Gasteiger partial charge in [-0.1, -0.05) is 78.7 Å². The molecule has 3 nitrogen and oxygen atoms in total. The average Bonchev–Trinajstić information content (AvgIpc) is 3.56. The third-order valence-electron chi connectivity index (χ3n) is 5.73. The highest BCUT2D eigenvalue weighted by molar-refractivity contribution is 5.77. The Labute approximate surface area is 173 Å². The van der Waals surface area contributed by atoms with Crippen molar-refractivity contribution in [2.75, 3.05) is 6.54 Å². The number of benzene rings is 2. The second kappa shape index (κ2) is 9.11. The van der Waals surface area contributed by atoms with Crippen LogP contribution in [0.5, 0.6) is 0 Å². The molecule has 1 saturated heterocycles. The second-order valence-corrected chi connectivity index (χ2v) is 7.96. The zero-order valence-corrected chi connectivity index (χ0v) is 16.6. The van der Waals surface area contributed by atoms with Crippen molar-refractivity contribution in [3.8, 4) is 12.3 Å². The van der Waals surface area contributed by atoms with Crippen LogP contribution >= 0.6 is 0 Å². The number of cyclic esters (lactones) is 1. The molecular formula is C26H27NO2. The van der Waals surface area contributed by atoms with Crippen molar-refractivity contribution in [1.82, 2.24) is 4.90 Å². The van der Waals surface area contributed by atoms with Crippen molar-refractivity contribution in [3.05, 3.63) is 83.9 Å². The fourth-order valence-corrected chi connectivity index (χ4v) is 4.02. The lowest BCUT2D eigenvalue weighted by atomic mass is 9.93. The summed E-state index contributed by atoms with van der Waals surface area (Å²) in [6.45, 7) is 0.428. The summed E-state index contributed by atoms with van der Waals surface area (Å²) in [7, 11) is 0. The number of carbonyl (C=O) groups excluding carboxylic acids is 1. The van der Waals surface area contributed by atoms with Gasteiger partial charge < -0.3 is 4.74 Å². The number of esters is 1. The van der Waals surface area contributed by atoms with Crippen LogP contribution < -0.4 is 0 Å². The van der Waals surface area contributed by atoms with Crippen LogP contribution in [0, 0.1) is 18.3 Å². The lowest BCUT2D eigenvalue weighted by Crippen LogP contribution is -2.59. The summed E-state index contributed by atoms with van der Waals surface area (Å²) < 4.78 is 6.02. The van der Waals surface area contributed by atoms with Crippen LogP contribution in [-0.2, 0) is 22.4 Å². The maximum atomic E-state index is 13.0. The lowest BCUT2D eigenvalue weighted by Gasteiger charge is -2.43. The lowest BCUT2D eigenvalue weighted by molar-refractivity contribution is -0.170. The van der Waals surface area contributed by atoms with Crippen molar-refractivity contribution >= 4 is 5.97 Å². The first kappa shape index (κ1) is 19.5. The average molecular weight is 386 g/mol. The zero-order valence-electron chi connectivity index (χ0n) is 16.6. The van der Waals surface area contributed by atoms with Crippen molar-refractivity contribution in [2.45, 2.75) is 43.9 Å². The van der Waals surface area contributed by atoms with E-state index in [1.165, 1.54) is 12.8 Å². The van der Waals surface area contributed by atoms with E-state index in [2.05, 4.69) is 35.1 Å². The minimum absolute atomic E-state index is 0.0155. The van der Waals surface area contributed by atoms with Gasteiger partial charge in [0.05, 0.1) is 12.6 Å². The van der Waals surface area contributed by atoms with Crippen LogP contribution in [0.2, 0.25) is 0 Å². The summed E-state index contributed by atoms with van der Waals surface area (Å²) in [6, 6.07) is 19.9. The molecular weight excluding hydrogens is 358 g/mol. The number of morpholine rings is 1. The molecule has 2 aromatic carbocycles. The first-order chi connectivity index (χ1) is 14.2. The van der Waals surface area contributed by atoms with Gasteiger partial charge in [-0.05, 0) is 36.3 Å². The molecule has 1 aliphatic carbocycles. The molecule has 2 aromatic rings. The highest BCUT2D eigenvalue weighted by Gasteiger charge is 2.42. The third-order valence-corrected chi connectivity index (χ3v) is 5.73. The Balaban J connectivity index is 1.61. The second-order valence-electron chi connectivity index (χ2n) is 7.96. The van der Waals surface area contributed by atoms with E-state index in [1.807, 2.05) is 48.5 Å². The van der Waals surface area contributed by atoms with E-state index < -0.39 is 0 Å². The number of hydrogen-bond donors (Lipinski definition) is 0. The molecule has 4 rings (SSSR count). The van der Waals surface area contributed by atoms with Gasteiger partial charge in [-0.3, -0.25) is 9.69 Å². The van der Waals surface area contributed by atoms with Gasteiger partial charge in [0, 0.05) is 6.42 Å². The molecule has 1 aliphatic heterocycles. The summed E-state index contributed by atoms with van der Waals surface area (Å²) in [6.07, 6.45) is 13.8. The number of nitrogens with zero attached hydrogens (tertiary/aromatic N) is 1. The molecule has 0 spiro atoms. The van der Waals surface area contributed by atoms with Crippen LogP contribution in [0.3, 0.4) is 0 Å². The highest BCUT2D eigenvalue weighted by Crippen LogP contribution is 2.32. The van der Waals surface area contributed by atoms with Gasteiger partial charge >= 0.3 is 5.97 Å². The Hall–Kier alpha value is -2.83. The predicted octanol–water partition coefficient (Wildman–Crippen LogP) is 4.04. The highest BCUT2D eigenvalue weighted by atomic mass is 16.5. The summed E-state index contributed by atoms with van der Waals surface area (Å²) in [5.74, 6) is 3.25. The SMILES string of the molecule is C#CCN1[C@@H](Cc2ccccc2)C(=O)O[C@H](Cc2ccccc2)[C@@H]1/C=C/C1CC1. The minimum atomic E-state index is -0.366. The standard InChI is InChI=1S/C26H27NO2/c1-2-17-27-23(16-15-20-13-14-20)25(19-22-11-7-4-8-12-22)29-26(28)24(27)18-21-9-5-3-6-10-21/h1,3-12,15-16,20,23-25H,13-14,17-19H2/b16-15+/t23-,24-,25+/m0/s1. The smallest absolute Gasteiger partial charge is 0.324 e. The largest absolute Gasteiger partial charge is 0.459 e. The van der Waals surface area contributed by atoms with Crippen LogP contribution in [0.15, 0.2) is 72.8 Å². The van der Waals surface area contributed by atoms with Gasteiger partial charge in [0.25, 0.3) is 0 Å². The van der Waals surface area contributed by atoms with E-state index in [0.717, 1.165) is 11.1 Å². The van der Waals surface area contributed by atoms with Gasteiger partial charge in [0.2, 0.25) is 0 Å². The normalized spacial score (nSPS) is 24.9. The molecule has 2 aliphatic rings. The van der Waals surface area contributed by atoms with E-state index in [9.17, 15) is 4.79 Å². The predicted molar refractivity (Wildman–Crippen MR) is 115 cm³/mol. The Morgan fingerprint density at radius 3 is 2.17 bits per heavy atom. The van der Waals surface area contributed by atoms with Crippen LogP contribution in [0.1, 0.15) is 24.0 Å². The molecule has 3 heteroatoms. The fourth-order valence-electron chi connectivity index (χ4n) is 4.02. The maximum absolute atomic E-state index is 13.0. The van der Waals surface area contributed by atoms with E-state index in [4.69, 9.17) is 11.2 Å². The quantitative estimate of drug-likeness (QED) is 0.409.